The number of hydrogen-bond donors (Lipinski definition) is 2. The molecule has 0 aliphatic rings. The Morgan fingerprint density at radius 2 is 1.85 bits per heavy atom. The Kier molecular flexibility index (Phi) is 6.23. The Balaban J connectivity index is 1.46. The van der Waals surface area contributed by atoms with Crippen LogP contribution in [0, 0.1) is 0 Å². The number of aromatic nitrogens is 4. The van der Waals surface area contributed by atoms with E-state index in [9.17, 15) is 19.5 Å². The van der Waals surface area contributed by atoms with E-state index in [2.05, 4.69) is 10.3 Å². The Labute approximate surface area is 189 Å². The van der Waals surface area contributed by atoms with Gasteiger partial charge in [0.25, 0.3) is 5.56 Å². The van der Waals surface area contributed by atoms with Crippen molar-refractivity contribution < 1.29 is 9.90 Å². The van der Waals surface area contributed by atoms with E-state index in [1.54, 1.807) is 13.1 Å². The van der Waals surface area contributed by atoms with Crippen molar-refractivity contribution in [3.05, 3.63) is 92.9 Å². The molecule has 0 unspecified atom stereocenters. The highest BCUT2D eigenvalue weighted by Gasteiger charge is 2.17. The molecule has 0 saturated heterocycles. The first-order valence-corrected chi connectivity index (χ1v) is 10.6. The van der Waals surface area contributed by atoms with Gasteiger partial charge >= 0.3 is 5.69 Å². The summed E-state index contributed by atoms with van der Waals surface area (Å²) < 4.78 is 3.68. The molecule has 0 bridgehead atoms. The van der Waals surface area contributed by atoms with Crippen LogP contribution in [0.4, 0.5) is 5.69 Å². The van der Waals surface area contributed by atoms with Gasteiger partial charge in [-0.1, -0.05) is 42.5 Å². The molecule has 2 N–H and O–H groups in total. The number of nitrogens with zero attached hydrogens (tertiary/aromatic N) is 4. The Morgan fingerprint density at radius 1 is 1.09 bits per heavy atom. The van der Waals surface area contributed by atoms with Gasteiger partial charge in [-0.2, -0.15) is 0 Å². The second-order valence-corrected chi connectivity index (χ2v) is 7.97. The molecule has 1 atom stereocenters. The minimum atomic E-state index is -0.606. The normalized spacial score (nSPS) is 12.1. The van der Waals surface area contributed by atoms with E-state index in [-0.39, 0.29) is 11.2 Å². The van der Waals surface area contributed by atoms with Crippen LogP contribution in [0.5, 0.6) is 0 Å². The third-order valence-electron chi connectivity index (χ3n) is 5.60. The summed E-state index contributed by atoms with van der Waals surface area (Å²) in [4.78, 5) is 42.1. The number of benzene rings is 2. The zero-order valence-electron chi connectivity index (χ0n) is 18.4. The summed E-state index contributed by atoms with van der Waals surface area (Å²) in [6.45, 7) is -0.413. The topological polar surface area (TPSA) is 111 Å². The molecular formula is C24H25N5O4. The van der Waals surface area contributed by atoms with Crippen LogP contribution in [0.25, 0.3) is 11.2 Å². The summed E-state index contributed by atoms with van der Waals surface area (Å²) in [5, 5.41) is 13.1. The van der Waals surface area contributed by atoms with Gasteiger partial charge in [0.2, 0.25) is 5.91 Å². The fourth-order valence-electron chi connectivity index (χ4n) is 3.83. The molecular weight excluding hydrogens is 422 g/mol. The van der Waals surface area contributed by atoms with Gasteiger partial charge in [-0.3, -0.25) is 14.2 Å². The predicted octanol–water partition coefficient (Wildman–Crippen LogP) is 1.74. The fraction of sp³-hybridized carbons (Fsp3) is 0.250. The second-order valence-electron chi connectivity index (χ2n) is 7.97. The molecule has 0 fully saturated rings. The number of carbonyl (C=O) groups is 1. The second kappa shape index (κ2) is 9.25. The molecule has 9 nitrogen and oxygen atoms in total. The molecule has 9 heteroatoms. The van der Waals surface area contributed by atoms with Crippen LogP contribution in [-0.2, 0) is 31.9 Å². The molecule has 2 aromatic heterocycles. The molecule has 2 aromatic carbocycles. The highest BCUT2D eigenvalue weighted by Crippen LogP contribution is 2.20. The Bertz CT molecular complexity index is 1420. The number of aliphatic hydroxyl groups is 1. The molecule has 2 heterocycles. The van der Waals surface area contributed by atoms with Crippen LogP contribution in [0.15, 0.2) is 70.5 Å². The number of aliphatic hydroxyl groups excluding tert-OH is 1. The Hall–Kier alpha value is -3.98. The first-order chi connectivity index (χ1) is 15.8. The van der Waals surface area contributed by atoms with Crippen LogP contribution >= 0.6 is 0 Å². The summed E-state index contributed by atoms with van der Waals surface area (Å²) in [6, 6.07) is 16.7. The maximum atomic E-state index is 12.8. The first-order valence-electron chi connectivity index (χ1n) is 10.6. The van der Waals surface area contributed by atoms with Crippen molar-refractivity contribution in [1.82, 2.24) is 18.7 Å². The number of hydrogen-bond acceptors (Lipinski definition) is 5. The lowest BCUT2D eigenvalue weighted by Crippen LogP contribution is -2.42. The average Bonchev–Trinajstić information content (AvgIpc) is 3.21. The van der Waals surface area contributed by atoms with Gasteiger partial charge in [-0.15, -0.1) is 0 Å². The van der Waals surface area contributed by atoms with E-state index in [0.29, 0.717) is 18.5 Å². The predicted molar refractivity (Wildman–Crippen MR) is 125 cm³/mol. The maximum absolute atomic E-state index is 12.8. The molecule has 1 amide bonds. The van der Waals surface area contributed by atoms with Crippen molar-refractivity contribution in [3.8, 4) is 0 Å². The summed E-state index contributed by atoms with van der Waals surface area (Å²) in [5.41, 5.74) is 1.72. The van der Waals surface area contributed by atoms with Crippen molar-refractivity contribution >= 4 is 22.8 Å². The van der Waals surface area contributed by atoms with Crippen LogP contribution in [0.3, 0.4) is 0 Å². The van der Waals surface area contributed by atoms with Gasteiger partial charge in [0.15, 0.2) is 11.2 Å². The molecule has 0 aliphatic carbocycles. The zero-order chi connectivity index (χ0) is 23.5. The summed E-state index contributed by atoms with van der Waals surface area (Å²) in [5.74, 6) is -0.489. The lowest BCUT2D eigenvalue weighted by Gasteiger charge is -2.12. The van der Waals surface area contributed by atoms with Gasteiger partial charge in [-0.25, -0.2) is 14.3 Å². The minimum Gasteiger partial charge on any atom is -0.388 e. The average molecular weight is 447 g/mol. The standard InChI is InChI=1S/C24H25N5O4/c1-27-15-25-22-21(27)23(32)29(24(33)28(22)2)14-20(31)26-18-10-6-7-16(13-18)11-12-19(30)17-8-4-3-5-9-17/h3-10,13,15,19,30H,11-12,14H2,1-2H3,(H,26,31)/t19-/m0/s1. The number of nitrogens with one attached hydrogen (secondary N) is 1. The molecule has 0 aliphatic heterocycles. The van der Waals surface area contributed by atoms with Crippen molar-refractivity contribution in [2.24, 2.45) is 14.1 Å². The zero-order valence-corrected chi connectivity index (χ0v) is 18.4. The van der Waals surface area contributed by atoms with Crippen LogP contribution in [0.2, 0.25) is 0 Å². The molecule has 4 rings (SSSR count). The first kappa shape index (κ1) is 22.2. The quantitative estimate of drug-likeness (QED) is 0.448. The third kappa shape index (κ3) is 4.63. The number of amides is 1. The summed E-state index contributed by atoms with van der Waals surface area (Å²) >= 11 is 0. The molecule has 0 spiro atoms. The minimum absolute atomic E-state index is 0.254. The van der Waals surface area contributed by atoms with Crippen molar-refractivity contribution in [2.45, 2.75) is 25.5 Å². The molecule has 4 aromatic rings. The van der Waals surface area contributed by atoms with E-state index in [0.717, 1.165) is 15.7 Å². The van der Waals surface area contributed by atoms with Crippen LogP contribution in [0.1, 0.15) is 23.7 Å². The highest BCUT2D eigenvalue weighted by molar-refractivity contribution is 5.90. The SMILES string of the molecule is Cn1cnc2c1c(=O)n(CC(=O)Nc1cccc(CC[C@H](O)c3ccccc3)c1)c(=O)n2C. The van der Waals surface area contributed by atoms with Gasteiger partial charge in [0, 0.05) is 19.8 Å². The number of imidazole rings is 1. The largest absolute Gasteiger partial charge is 0.388 e. The lowest BCUT2D eigenvalue weighted by atomic mass is 10.0. The monoisotopic (exact) mass is 447 g/mol. The summed E-state index contributed by atoms with van der Waals surface area (Å²) in [6.07, 6.45) is 2.04. The van der Waals surface area contributed by atoms with Crippen LogP contribution < -0.4 is 16.6 Å². The van der Waals surface area contributed by atoms with E-state index in [4.69, 9.17) is 0 Å². The van der Waals surface area contributed by atoms with Gasteiger partial charge in [0.1, 0.15) is 6.54 Å². The molecule has 33 heavy (non-hydrogen) atoms. The Morgan fingerprint density at radius 3 is 2.61 bits per heavy atom. The lowest BCUT2D eigenvalue weighted by molar-refractivity contribution is -0.116. The molecule has 170 valence electrons. The molecule has 0 saturated carbocycles. The van der Waals surface area contributed by atoms with Crippen molar-refractivity contribution in [1.29, 1.82) is 0 Å². The van der Waals surface area contributed by atoms with E-state index < -0.39 is 29.8 Å². The highest BCUT2D eigenvalue weighted by atomic mass is 16.3. The van der Waals surface area contributed by atoms with E-state index in [1.165, 1.54) is 22.5 Å². The smallest absolute Gasteiger partial charge is 0.332 e. The van der Waals surface area contributed by atoms with E-state index in [1.807, 2.05) is 48.5 Å². The van der Waals surface area contributed by atoms with Gasteiger partial charge < -0.3 is 15.0 Å². The summed E-state index contributed by atoms with van der Waals surface area (Å²) in [7, 11) is 3.17. The van der Waals surface area contributed by atoms with Gasteiger partial charge in [0.05, 0.1) is 12.4 Å². The molecule has 0 radical (unpaired) electrons. The number of aryl methyl sites for hydroxylation is 3. The maximum Gasteiger partial charge on any atom is 0.332 e. The number of anilines is 1. The van der Waals surface area contributed by atoms with Crippen molar-refractivity contribution in [3.63, 3.8) is 0 Å². The van der Waals surface area contributed by atoms with Gasteiger partial charge in [-0.05, 0) is 36.1 Å². The van der Waals surface area contributed by atoms with E-state index >= 15 is 0 Å². The fourth-order valence-corrected chi connectivity index (χ4v) is 3.83. The van der Waals surface area contributed by atoms with Crippen molar-refractivity contribution in [2.75, 3.05) is 5.32 Å². The number of carbonyl (C=O) groups excluding carboxylic acids is 1. The third-order valence-corrected chi connectivity index (χ3v) is 5.60. The number of rotatable bonds is 7. The van der Waals surface area contributed by atoms with Crippen LogP contribution in [-0.4, -0.2) is 29.7 Å². The number of fused-ring (bicyclic) bond motifs is 1.